The van der Waals surface area contributed by atoms with E-state index in [9.17, 15) is 0 Å². The van der Waals surface area contributed by atoms with Gasteiger partial charge in [-0.3, -0.25) is 0 Å². The van der Waals surface area contributed by atoms with Gasteiger partial charge in [0.25, 0.3) is 0 Å². The third-order valence-corrected chi connectivity index (χ3v) is 7.58. The Morgan fingerprint density at radius 1 is 0.613 bits per heavy atom. The van der Waals surface area contributed by atoms with Crippen LogP contribution in [0.4, 0.5) is 0 Å². The van der Waals surface area contributed by atoms with E-state index in [2.05, 4.69) is 54.6 Å². The zero-order chi connectivity index (χ0) is 21.5. The van der Waals surface area contributed by atoms with Gasteiger partial charge in [0.1, 0.15) is 24.7 Å². The average Bonchev–Trinajstić information content (AvgIpc) is 2.81. The van der Waals surface area contributed by atoms with Crippen LogP contribution in [0.2, 0.25) is 0 Å². The normalized spacial score (nSPS) is 22.6. The molecule has 1 heterocycles. The standard InChI is InChI=1S/C26H29O4P/c1-20-18-29-23-12-6-8-14-25(23)31(22-10-4-3-5-11-22)26-15-9-7-13-24(26)30-19-21(2)28-17-16-27-20/h3-15,20-21H,16-19H2,1-2H3/t20-,21-/m1/s1. The maximum atomic E-state index is 6.27. The second-order valence-corrected chi connectivity index (χ2v) is 9.74. The van der Waals surface area contributed by atoms with Crippen LogP contribution in [0.3, 0.4) is 0 Å². The van der Waals surface area contributed by atoms with Gasteiger partial charge in [-0.1, -0.05) is 66.7 Å². The fourth-order valence-corrected chi connectivity index (χ4v) is 6.00. The lowest BCUT2D eigenvalue weighted by atomic mass is 10.3. The highest BCUT2D eigenvalue weighted by Crippen LogP contribution is 2.39. The molecule has 1 aliphatic rings. The number of ether oxygens (including phenoxy) is 4. The van der Waals surface area contributed by atoms with Crippen LogP contribution < -0.4 is 25.4 Å². The minimum Gasteiger partial charge on any atom is -0.490 e. The van der Waals surface area contributed by atoms with E-state index in [0.29, 0.717) is 26.4 Å². The maximum absolute atomic E-state index is 6.27. The molecule has 0 aliphatic carbocycles. The Kier molecular flexibility index (Phi) is 7.58. The van der Waals surface area contributed by atoms with Crippen LogP contribution in [0.15, 0.2) is 78.9 Å². The molecule has 0 amide bonds. The Hall–Kier alpha value is -2.39. The number of fused-ring (bicyclic) bond motifs is 2. The summed E-state index contributed by atoms with van der Waals surface area (Å²) < 4.78 is 24.3. The number of rotatable bonds is 1. The van der Waals surface area contributed by atoms with Crippen molar-refractivity contribution >= 4 is 23.8 Å². The lowest BCUT2D eigenvalue weighted by molar-refractivity contribution is -0.0333. The molecule has 3 aromatic carbocycles. The van der Waals surface area contributed by atoms with E-state index in [-0.39, 0.29) is 12.2 Å². The highest BCUT2D eigenvalue weighted by atomic mass is 31.1. The maximum Gasteiger partial charge on any atom is 0.127 e. The summed E-state index contributed by atoms with van der Waals surface area (Å²) in [6.07, 6.45) is -0.0489. The molecule has 4 nitrogen and oxygen atoms in total. The van der Waals surface area contributed by atoms with Crippen LogP contribution in [0.25, 0.3) is 0 Å². The molecule has 0 radical (unpaired) electrons. The van der Waals surface area contributed by atoms with Crippen molar-refractivity contribution in [3.63, 3.8) is 0 Å². The predicted molar refractivity (Wildman–Crippen MR) is 127 cm³/mol. The van der Waals surface area contributed by atoms with Crippen LogP contribution in [0, 0.1) is 0 Å². The van der Waals surface area contributed by atoms with E-state index in [1.165, 1.54) is 15.9 Å². The van der Waals surface area contributed by atoms with Gasteiger partial charge in [0.2, 0.25) is 0 Å². The molecule has 0 unspecified atom stereocenters. The molecule has 0 bridgehead atoms. The predicted octanol–water partition coefficient (Wildman–Crippen LogP) is 4.03. The van der Waals surface area contributed by atoms with E-state index >= 15 is 0 Å². The molecule has 3 aromatic rings. The van der Waals surface area contributed by atoms with E-state index < -0.39 is 7.92 Å². The lowest BCUT2D eigenvalue weighted by Crippen LogP contribution is -2.26. The van der Waals surface area contributed by atoms with Crippen molar-refractivity contribution in [3.05, 3.63) is 78.9 Å². The zero-order valence-corrected chi connectivity index (χ0v) is 19.0. The second kappa shape index (κ2) is 10.8. The Morgan fingerprint density at radius 2 is 1.06 bits per heavy atom. The summed E-state index contributed by atoms with van der Waals surface area (Å²) in [6, 6.07) is 27.2. The van der Waals surface area contributed by atoms with E-state index in [1.807, 2.05) is 38.1 Å². The summed E-state index contributed by atoms with van der Waals surface area (Å²) >= 11 is 0. The molecule has 1 aliphatic heterocycles. The molecule has 0 spiro atoms. The SMILES string of the molecule is C[C@@H]1COc2ccccc2P(c2ccccc2)c2ccccc2OC[C@@H](C)OCCO1. The first-order valence-corrected chi connectivity index (χ1v) is 12.1. The summed E-state index contributed by atoms with van der Waals surface area (Å²) in [6.45, 7) is 6.10. The molecule has 0 saturated heterocycles. The molecule has 5 heteroatoms. The number of para-hydroxylation sites is 2. The van der Waals surface area contributed by atoms with Gasteiger partial charge in [0, 0.05) is 10.6 Å². The van der Waals surface area contributed by atoms with Gasteiger partial charge in [0.15, 0.2) is 0 Å². The molecule has 0 aromatic heterocycles. The molecule has 4 rings (SSSR count). The third kappa shape index (κ3) is 5.65. The Balaban J connectivity index is 1.81. The zero-order valence-electron chi connectivity index (χ0n) is 18.1. The first-order valence-electron chi connectivity index (χ1n) is 10.7. The quantitative estimate of drug-likeness (QED) is 0.540. The molecule has 0 N–H and O–H groups in total. The van der Waals surface area contributed by atoms with E-state index in [0.717, 1.165) is 11.5 Å². The van der Waals surface area contributed by atoms with Gasteiger partial charge in [-0.25, -0.2) is 0 Å². The molecule has 0 saturated carbocycles. The minimum atomic E-state index is -0.874. The van der Waals surface area contributed by atoms with Crippen molar-refractivity contribution in [3.8, 4) is 11.5 Å². The molecule has 31 heavy (non-hydrogen) atoms. The number of hydrogen-bond donors (Lipinski definition) is 0. The first kappa shape index (κ1) is 21.8. The highest BCUT2D eigenvalue weighted by molar-refractivity contribution is 7.80. The third-order valence-electron chi connectivity index (χ3n) is 5.06. The van der Waals surface area contributed by atoms with Crippen LogP contribution in [0.1, 0.15) is 13.8 Å². The fraction of sp³-hybridized carbons (Fsp3) is 0.308. The van der Waals surface area contributed by atoms with Gasteiger partial charge >= 0.3 is 0 Å². The van der Waals surface area contributed by atoms with E-state index in [4.69, 9.17) is 18.9 Å². The summed E-state index contributed by atoms with van der Waals surface area (Å²) in [7, 11) is -0.874. The molecular formula is C26H29O4P. The van der Waals surface area contributed by atoms with Crippen LogP contribution in [0.5, 0.6) is 11.5 Å². The van der Waals surface area contributed by atoms with Crippen LogP contribution in [-0.2, 0) is 9.47 Å². The topological polar surface area (TPSA) is 36.9 Å². The van der Waals surface area contributed by atoms with Crippen molar-refractivity contribution in [1.82, 2.24) is 0 Å². The smallest absolute Gasteiger partial charge is 0.127 e. The summed E-state index contributed by atoms with van der Waals surface area (Å²) in [5.74, 6) is 1.78. The van der Waals surface area contributed by atoms with Crippen molar-refractivity contribution in [2.24, 2.45) is 0 Å². The van der Waals surface area contributed by atoms with Gasteiger partial charge < -0.3 is 18.9 Å². The lowest BCUT2D eigenvalue weighted by Gasteiger charge is -2.25. The van der Waals surface area contributed by atoms with Gasteiger partial charge in [-0.2, -0.15) is 0 Å². The second-order valence-electron chi connectivity index (χ2n) is 7.59. The van der Waals surface area contributed by atoms with Crippen molar-refractivity contribution < 1.29 is 18.9 Å². The average molecular weight is 436 g/mol. The largest absolute Gasteiger partial charge is 0.490 e. The molecular weight excluding hydrogens is 407 g/mol. The Bertz CT molecular complexity index is 903. The van der Waals surface area contributed by atoms with Crippen LogP contribution >= 0.6 is 7.92 Å². The number of hydrogen-bond acceptors (Lipinski definition) is 4. The minimum absolute atomic E-state index is 0.0245. The van der Waals surface area contributed by atoms with Crippen molar-refractivity contribution in [1.29, 1.82) is 0 Å². The molecule has 162 valence electrons. The highest BCUT2D eigenvalue weighted by Gasteiger charge is 2.24. The summed E-state index contributed by atoms with van der Waals surface area (Å²) in [4.78, 5) is 0. The van der Waals surface area contributed by atoms with Gasteiger partial charge in [-0.05, 0) is 39.2 Å². The van der Waals surface area contributed by atoms with E-state index in [1.54, 1.807) is 0 Å². The summed E-state index contributed by atoms with van der Waals surface area (Å²) in [5, 5.41) is 3.60. The van der Waals surface area contributed by atoms with Crippen LogP contribution in [-0.4, -0.2) is 38.6 Å². The van der Waals surface area contributed by atoms with Gasteiger partial charge in [0.05, 0.1) is 25.4 Å². The summed E-state index contributed by atoms with van der Waals surface area (Å²) in [5.41, 5.74) is 0. The molecule has 0 fully saturated rings. The Labute approximate surface area is 185 Å². The fourth-order valence-electron chi connectivity index (χ4n) is 3.52. The van der Waals surface area contributed by atoms with Crippen molar-refractivity contribution in [2.75, 3.05) is 26.4 Å². The van der Waals surface area contributed by atoms with Crippen molar-refractivity contribution in [2.45, 2.75) is 26.1 Å². The molecule has 2 atom stereocenters. The number of benzene rings is 3. The first-order chi connectivity index (χ1) is 15.2. The Morgan fingerprint density at radius 3 is 1.58 bits per heavy atom. The monoisotopic (exact) mass is 436 g/mol. The van der Waals surface area contributed by atoms with Gasteiger partial charge in [-0.15, -0.1) is 0 Å².